The van der Waals surface area contributed by atoms with Gasteiger partial charge in [-0.25, -0.2) is 4.79 Å². The molecule has 2 aromatic rings. The number of nitrogens with one attached hydrogen (secondary N) is 1. The molecule has 1 aliphatic rings. The number of ether oxygens (including phenoxy) is 1. The lowest BCUT2D eigenvalue weighted by atomic mass is 10.2. The fourth-order valence-electron chi connectivity index (χ4n) is 2.96. The van der Waals surface area contributed by atoms with Gasteiger partial charge < -0.3 is 15.0 Å². The zero-order valence-corrected chi connectivity index (χ0v) is 17.8. The van der Waals surface area contributed by atoms with Crippen molar-refractivity contribution in [2.24, 2.45) is 5.92 Å². The van der Waals surface area contributed by atoms with Crippen LogP contribution < -0.4 is 10.2 Å². The maximum Gasteiger partial charge on any atom is 0.338 e. The fourth-order valence-corrected chi connectivity index (χ4v) is 3.08. The van der Waals surface area contributed by atoms with E-state index in [2.05, 4.69) is 5.32 Å². The van der Waals surface area contributed by atoms with Crippen LogP contribution in [0.1, 0.15) is 35.2 Å². The van der Waals surface area contributed by atoms with Gasteiger partial charge in [0, 0.05) is 28.9 Å². The van der Waals surface area contributed by atoms with Crippen LogP contribution in [-0.4, -0.2) is 30.9 Å². The SMILES string of the molecule is Cc1cc(N(CCC#N)C(=O)COC(=O)c2cccc(NC(=O)C3CC3)c2)ccc1Cl. The lowest BCUT2D eigenvalue weighted by molar-refractivity contribution is -0.121. The van der Waals surface area contributed by atoms with Crippen molar-refractivity contribution in [2.45, 2.75) is 26.2 Å². The second-order valence-electron chi connectivity index (χ2n) is 7.31. The first-order chi connectivity index (χ1) is 14.9. The van der Waals surface area contributed by atoms with Gasteiger partial charge in [0.15, 0.2) is 6.61 Å². The number of nitriles is 1. The van der Waals surface area contributed by atoms with E-state index < -0.39 is 18.5 Å². The Hall–Kier alpha value is -3.37. The minimum atomic E-state index is -0.677. The van der Waals surface area contributed by atoms with Crippen molar-refractivity contribution in [3.8, 4) is 6.07 Å². The molecule has 8 heteroatoms. The zero-order chi connectivity index (χ0) is 22.4. The molecule has 7 nitrogen and oxygen atoms in total. The number of amides is 2. The molecule has 0 unspecified atom stereocenters. The van der Waals surface area contributed by atoms with Crippen LogP contribution in [0.25, 0.3) is 0 Å². The fraction of sp³-hybridized carbons (Fsp3) is 0.304. The van der Waals surface area contributed by atoms with Crippen molar-refractivity contribution in [3.63, 3.8) is 0 Å². The summed E-state index contributed by atoms with van der Waals surface area (Å²) < 4.78 is 5.19. The van der Waals surface area contributed by atoms with Gasteiger partial charge in [0.2, 0.25) is 5.91 Å². The predicted molar refractivity (Wildman–Crippen MR) is 117 cm³/mol. The highest BCUT2D eigenvalue weighted by atomic mass is 35.5. The van der Waals surface area contributed by atoms with Crippen molar-refractivity contribution in [3.05, 3.63) is 58.6 Å². The molecular formula is C23H22ClN3O4. The molecule has 0 spiro atoms. The third kappa shape index (κ3) is 6.06. The molecule has 3 rings (SSSR count). The van der Waals surface area contributed by atoms with Gasteiger partial charge in [-0.1, -0.05) is 17.7 Å². The van der Waals surface area contributed by atoms with Gasteiger partial charge in [0.1, 0.15) is 0 Å². The van der Waals surface area contributed by atoms with Crippen molar-refractivity contribution in [1.29, 1.82) is 5.26 Å². The van der Waals surface area contributed by atoms with Crippen LogP contribution in [0.5, 0.6) is 0 Å². The predicted octanol–water partition coefficient (Wildman–Crippen LogP) is 4.10. The number of halogens is 1. The average molecular weight is 440 g/mol. The Morgan fingerprint density at radius 1 is 1.23 bits per heavy atom. The number of aryl methyl sites for hydroxylation is 1. The molecule has 1 saturated carbocycles. The highest BCUT2D eigenvalue weighted by molar-refractivity contribution is 6.31. The second-order valence-corrected chi connectivity index (χ2v) is 7.71. The van der Waals surface area contributed by atoms with Crippen LogP contribution >= 0.6 is 11.6 Å². The normalized spacial score (nSPS) is 12.5. The number of carbonyl (C=O) groups is 3. The Morgan fingerprint density at radius 2 is 2.00 bits per heavy atom. The largest absolute Gasteiger partial charge is 0.452 e. The van der Waals surface area contributed by atoms with Crippen molar-refractivity contribution in [1.82, 2.24) is 0 Å². The molecule has 0 aliphatic heterocycles. The quantitative estimate of drug-likeness (QED) is 0.624. The van der Waals surface area contributed by atoms with Crippen molar-refractivity contribution >= 4 is 40.8 Å². The van der Waals surface area contributed by atoms with Crippen LogP contribution in [0.3, 0.4) is 0 Å². The van der Waals surface area contributed by atoms with Crippen molar-refractivity contribution < 1.29 is 19.1 Å². The first kappa shape index (κ1) is 22.3. The maximum atomic E-state index is 12.7. The third-order valence-corrected chi connectivity index (χ3v) is 5.27. The molecule has 160 valence electrons. The monoisotopic (exact) mass is 439 g/mol. The number of carbonyl (C=O) groups excluding carboxylic acids is 3. The second kappa shape index (κ2) is 10.1. The van der Waals surface area contributed by atoms with Gasteiger partial charge >= 0.3 is 5.97 Å². The summed E-state index contributed by atoms with van der Waals surface area (Å²) in [7, 11) is 0. The molecule has 0 saturated heterocycles. The number of nitrogens with zero attached hydrogens (tertiary/aromatic N) is 2. The molecule has 0 bridgehead atoms. The molecular weight excluding hydrogens is 418 g/mol. The highest BCUT2D eigenvalue weighted by Gasteiger charge is 2.29. The molecule has 0 heterocycles. The van der Waals surface area contributed by atoms with Gasteiger partial charge in [-0.2, -0.15) is 5.26 Å². The minimum Gasteiger partial charge on any atom is -0.452 e. The summed E-state index contributed by atoms with van der Waals surface area (Å²) in [4.78, 5) is 38.5. The number of esters is 1. The Morgan fingerprint density at radius 3 is 2.68 bits per heavy atom. The molecule has 0 atom stereocenters. The van der Waals surface area contributed by atoms with E-state index in [0.717, 1.165) is 18.4 Å². The molecule has 1 fully saturated rings. The summed E-state index contributed by atoms with van der Waals surface area (Å²) in [6, 6.07) is 13.5. The van der Waals surface area contributed by atoms with Gasteiger partial charge in [0.05, 0.1) is 18.1 Å². The molecule has 2 amide bonds. The van der Waals surface area contributed by atoms with Crippen LogP contribution in [0, 0.1) is 24.2 Å². The first-order valence-corrected chi connectivity index (χ1v) is 10.3. The standard InChI is InChI=1S/C23H22ClN3O4/c1-15-12-19(8-9-20(15)24)27(11-3-10-25)21(28)14-31-23(30)17-4-2-5-18(13-17)26-22(29)16-6-7-16/h2,4-5,8-9,12-13,16H,3,6-7,11,14H2,1H3,(H,26,29). The number of hydrogen-bond donors (Lipinski definition) is 1. The van der Waals surface area contributed by atoms with E-state index in [0.29, 0.717) is 16.4 Å². The summed E-state index contributed by atoms with van der Waals surface area (Å²) >= 11 is 6.05. The van der Waals surface area contributed by atoms with Crippen LogP contribution in [0.4, 0.5) is 11.4 Å². The Kier molecular flexibility index (Phi) is 7.27. The van der Waals surface area contributed by atoms with E-state index in [1.165, 1.54) is 11.0 Å². The summed E-state index contributed by atoms with van der Waals surface area (Å²) in [5.74, 6) is -1.15. The van der Waals surface area contributed by atoms with Gasteiger partial charge in [-0.05, 0) is 61.7 Å². The molecule has 1 N–H and O–H groups in total. The summed E-state index contributed by atoms with van der Waals surface area (Å²) in [5, 5.41) is 12.3. The molecule has 1 aliphatic carbocycles. The van der Waals surface area contributed by atoms with E-state index >= 15 is 0 Å². The number of benzene rings is 2. The lowest BCUT2D eigenvalue weighted by Crippen LogP contribution is -2.35. The Bertz CT molecular complexity index is 1040. The summed E-state index contributed by atoms with van der Waals surface area (Å²) in [6.07, 6.45) is 1.89. The van der Waals surface area contributed by atoms with Crippen LogP contribution in [0.2, 0.25) is 5.02 Å². The summed E-state index contributed by atoms with van der Waals surface area (Å²) in [5.41, 5.74) is 2.09. The number of hydrogen-bond acceptors (Lipinski definition) is 5. The average Bonchev–Trinajstić information content (AvgIpc) is 3.60. The van der Waals surface area contributed by atoms with Gasteiger partial charge in [0.25, 0.3) is 5.91 Å². The highest BCUT2D eigenvalue weighted by Crippen LogP contribution is 2.30. The van der Waals surface area contributed by atoms with Gasteiger partial charge in [-0.3, -0.25) is 9.59 Å². The van der Waals surface area contributed by atoms with Crippen molar-refractivity contribution in [2.75, 3.05) is 23.4 Å². The van der Waals surface area contributed by atoms with E-state index in [1.807, 2.05) is 13.0 Å². The Balaban J connectivity index is 1.64. The van der Waals surface area contributed by atoms with E-state index in [1.54, 1.807) is 36.4 Å². The van der Waals surface area contributed by atoms with E-state index in [-0.39, 0.29) is 30.4 Å². The minimum absolute atomic E-state index is 0.0455. The lowest BCUT2D eigenvalue weighted by Gasteiger charge is -2.22. The number of anilines is 2. The molecule has 0 aromatic heterocycles. The van der Waals surface area contributed by atoms with Gasteiger partial charge in [-0.15, -0.1) is 0 Å². The van der Waals surface area contributed by atoms with E-state index in [9.17, 15) is 14.4 Å². The molecule has 0 radical (unpaired) electrons. The smallest absolute Gasteiger partial charge is 0.338 e. The molecule has 2 aromatic carbocycles. The zero-order valence-electron chi connectivity index (χ0n) is 17.1. The summed E-state index contributed by atoms with van der Waals surface area (Å²) in [6.45, 7) is 1.50. The van der Waals surface area contributed by atoms with Crippen LogP contribution in [0.15, 0.2) is 42.5 Å². The van der Waals surface area contributed by atoms with Crippen LogP contribution in [-0.2, 0) is 14.3 Å². The topological polar surface area (TPSA) is 99.5 Å². The Labute approximate surface area is 185 Å². The maximum absolute atomic E-state index is 12.7. The van der Waals surface area contributed by atoms with E-state index in [4.69, 9.17) is 21.6 Å². The molecule has 31 heavy (non-hydrogen) atoms. The first-order valence-electron chi connectivity index (χ1n) is 9.90. The number of rotatable bonds is 8. The third-order valence-electron chi connectivity index (χ3n) is 4.84.